The van der Waals surface area contributed by atoms with E-state index in [2.05, 4.69) is 0 Å². The molecule has 5 heteroatoms. The van der Waals surface area contributed by atoms with E-state index in [0.29, 0.717) is 11.3 Å². The average Bonchev–Trinajstić information content (AvgIpc) is 2.26. The second-order valence-electron chi connectivity index (χ2n) is 3.56. The van der Waals surface area contributed by atoms with Crippen LogP contribution >= 0.6 is 0 Å². The van der Waals surface area contributed by atoms with Crippen LogP contribution in [0.25, 0.3) is 0 Å². The molecule has 1 rings (SSSR count). The molecule has 0 unspecified atom stereocenters. The van der Waals surface area contributed by atoms with Gasteiger partial charge < -0.3 is 15.7 Å². The zero-order valence-corrected chi connectivity index (χ0v) is 9.18. The zero-order chi connectivity index (χ0) is 12.3. The lowest BCUT2D eigenvalue weighted by molar-refractivity contribution is -0.141. The van der Waals surface area contributed by atoms with Crippen molar-refractivity contribution in [1.29, 1.82) is 0 Å². The van der Waals surface area contributed by atoms with Gasteiger partial charge in [0.05, 0.1) is 0 Å². The van der Waals surface area contributed by atoms with Crippen LogP contribution in [0, 0.1) is 0 Å². The highest BCUT2D eigenvalue weighted by Crippen LogP contribution is 2.10. The summed E-state index contributed by atoms with van der Waals surface area (Å²) < 4.78 is 0. The fourth-order valence-corrected chi connectivity index (χ4v) is 1.22. The minimum absolute atomic E-state index is 0.359. The maximum Gasteiger partial charge on any atom is 0.326 e. The van der Waals surface area contributed by atoms with E-state index in [1.54, 1.807) is 18.2 Å². The van der Waals surface area contributed by atoms with Gasteiger partial charge in [0.2, 0.25) is 0 Å². The number of nitrogens with zero attached hydrogens (tertiary/aromatic N) is 1. The molecule has 0 radical (unpaired) electrons. The van der Waals surface area contributed by atoms with Gasteiger partial charge in [-0.3, -0.25) is 4.79 Å². The van der Waals surface area contributed by atoms with E-state index in [4.69, 9.17) is 10.8 Å². The summed E-state index contributed by atoms with van der Waals surface area (Å²) in [6, 6.07) is 5.57. The standard InChI is InChI=1S/C11H14N2O3/c1-7(11(15)16)13(2)10(14)8-4-3-5-9(12)6-8/h3-7H,12H2,1-2H3,(H,15,16)/t7-/m0/s1. The molecule has 3 N–H and O–H groups in total. The Labute approximate surface area is 93.5 Å². The Morgan fingerprint density at radius 1 is 1.44 bits per heavy atom. The van der Waals surface area contributed by atoms with Crippen LogP contribution in [0.15, 0.2) is 24.3 Å². The molecule has 0 aliphatic heterocycles. The van der Waals surface area contributed by atoms with Gasteiger partial charge in [-0.25, -0.2) is 4.79 Å². The molecular formula is C11H14N2O3. The van der Waals surface area contributed by atoms with Crippen molar-refractivity contribution in [2.45, 2.75) is 13.0 Å². The Kier molecular flexibility index (Phi) is 3.50. The number of anilines is 1. The van der Waals surface area contributed by atoms with E-state index >= 15 is 0 Å². The minimum atomic E-state index is -1.04. The number of carbonyl (C=O) groups excluding carboxylic acids is 1. The molecule has 0 heterocycles. The van der Waals surface area contributed by atoms with Gasteiger partial charge in [-0.1, -0.05) is 6.07 Å². The van der Waals surface area contributed by atoms with Crippen LogP contribution in [0.3, 0.4) is 0 Å². The predicted octanol–water partition coefficient (Wildman–Crippen LogP) is 0.814. The van der Waals surface area contributed by atoms with Crippen molar-refractivity contribution in [3.05, 3.63) is 29.8 Å². The normalized spacial score (nSPS) is 11.9. The first-order valence-corrected chi connectivity index (χ1v) is 4.79. The largest absolute Gasteiger partial charge is 0.480 e. The monoisotopic (exact) mass is 222 g/mol. The number of hydrogen-bond acceptors (Lipinski definition) is 3. The number of hydrogen-bond donors (Lipinski definition) is 2. The van der Waals surface area contributed by atoms with Crippen molar-refractivity contribution in [3.8, 4) is 0 Å². The summed E-state index contributed by atoms with van der Waals surface area (Å²) in [5, 5.41) is 8.78. The lowest BCUT2D eigenvalue weighted by Crippen LogP contribution is -2.40. The number of amides is 1. The third-order valence-electron chi connectivity index (χ3n) is 2.39. The highest BCUT2D eigenvalue weighted by Gasteiger charge is 2.22. The van der Waals surface area contributed by atoms with Crippen LogP contribution in [-0.4, -0.2) is 35.0 Å². The highest BCUT2D eigenvalue weighted by molar-refractivity contribution is 5.97. The first-order valence-electron chi connectivity index (χ1n) is 4.79. The van der Waals surface area contributed by atoms with Crippen molar-refractivity contribution >= 4 is 17.6 Å². The number of nitrogen functional groups attached to an aromatic ring is 1. The fourth-order valence-electron chi connectivity index (χ4n) is 1.22. The van der Waals surface area contributed by atoms with Crippen LogP contribution in [0.1, 0.15) is 17.3 Å². The van der Waals surface area contributed by atoms with E-state index in [-0.39, 0.29) is 5.91 Å². The summed E-state index contributed by atoms with van der Waals surface area (Å²) in [7, 11) is 1.45. The molecule has 0 spiro atoms. The molecule has 0 aliphatic carbocycles. The highest BCUT2D eigenvalue weighted by atomic mass is 16.4. The van der Waals surface area contributed by atoms with Gasteiger partial charge in [0.1, 0.15) is 6.04 Å². The predicted molar refractivity (Wildman–Crippen MR) is 60.0 cm³/mol. The van der Waals surface area contributed by atoms with Gasteiger partial charge in [0, 0.05) is 18.3 Å². The van der Waals surface area contributed by atoms with Crippen molar-refractivity contribution in [3.63, 3.8) is 0 Å². The number of aliphatic carboxylic acids is 1. The fraction of sp³-hybridized carbons (Fsp3) is 0.273. The van der Waals surface area contributed by atoms with Crippen LogP contribution in [0.2, 0.25) is 0 Å². The van der Waals surface area contributed by atoms with Gasteiger partial charge in [0.15, 0.2) is 0 Å². The molecule has 0 aromatic heterocycles. The Bertz CT molecular complexity index is 417. The molecular weight excluding hydrogens is 208 g/mol. The Balaban J connectivity index is 2.90. The van der Waals surface area contributed by atoms with Crippen LogP contribution < -0.4 is 5.73 Å². The number of rotatable bonds is 3. The first-order chi connectivity index (χ1) is 7.43. The number of nitrogens with two attached hydrogens (primary N) is 1. The summed E-state index contributed by atoms with van der Waals surface area (Å²) >= 11 is 0. The van der Waals surface area contributed by atoms with E-state index in [0.717, 1.165) is 4.90 Å². The number of carboxylic acids is 1. The number of carbonyl (C=O) groups is 2. The van der Waals surface area contributed by atoms with Gasteiger partial charge in [0.25, 0.3) is 5.91 Å². The summed E-state index contributed by atoms with van der Waals surface area (Å²) in [6.45, 7) is 1.45. The molecule has 1 amide bonds. The van der Waals surface area contributed by atoms with Crippen molar-refractivity contribution < 1.29 is 14.7 Å². The molecule has 1 aromatic carbocycles. The van der Waals surface area contributed by atoms with Gasteiger partial charge in [-0.15, -0.1) is 0 Å². The molecule has 1 atom stereocenters. The lowest BCUT2D eigenvalue weighted by Gasteiger charge is -2.21. The summed E-state index contributed by atoms with van der Waals surface area (Å²) in [5.41, 5.74) is 6.40. The molecule has 0 fully saturated rings. The van der Waals surface area contributed by atoms with Gasteiger partial charge in [-0.05, 0) is 25.1 Å². The summed E-state index contributed by atoms with van der Waals surface area (Å²) in [6.07, 6.45) is 0. The molecule has 1 aromatic rings. The van der Waals surface area contributed by atoms with Crippen molar-refractivity contribution in [2.24, 2.45) is 0 Å². The SMILES string of the molecule is C[C@@H](C(=O)O)N(C)C(=O)c1cccc(N)c1. The molecule has 0 aliphatic rings. The Hall–Kier alpha value is -2.04. The van der Waals surface area contributed by atoms with Crippen LogP contribution in [0.5, 0.6) is 0 Å². The molecule has 0 saturated heterocycles. The van der Waals surface area contributed by atoms with Gasteiger partial charge in [-0.2, -0.15) is 0 Å². The van der Waals surface area contributed by atoms with Gasteiger partial charge >= 0.3 is 5.97 Å². The second-order valence-corrected chi connectivity index (χ2v) is 3.56. The van der Waals surface area contributed by atoms with E-state index < -0.39 is 12.0 Å². The summed E-state index contributed by atoms with van der Waals surface area (Å²) in [5.74, 6) is -1.40. The molecule has 0 saturated carbocycles. The van der Waals surface area contributed by atoms with Crippen LogP contribution in [0.4, 0.5) is 5.69 Å². The van der Waals surface area contributed by atoms with Crippen LogP contribution in [-0.2, 0) is 4.79 Å². The topological polar surface area (TPSA) is 83.6 Å². The third kappa shape index (κ3) is 2.50. The number of carboxylic acid groups (broad SMARTS) is 1. The van der Waals surface area contributed by atoms with E-state index in [1.165, 1.54) is 20.0 Å². The Morgan fingerprint density at radius 2 is 2.06 bits per heavy atom. The third-order valence-corrected chi connectivity index (χ3v) is 2.39. The smallest absolute Gasteiger partial charge is 0.326 e. The first kappa shape index (κ1) is 12.0. The maximum absolute atomic E-state index is 11.8. The maximum atomic E-state index is 11.8. The molecule has 16 heavy (non-hydrogen) atoms. The Morgan fingerprint density at radius 3 is 2.56 bits per heavy atom. The molecule has 86 valence electrons. The zero-order valence-electron chi connectivity index (χ0n) is 9.18. The number of benzene rings is 1. The van der Waals surface area contributed by atoms with E-state index in [9.17, 15) is 9.59 Å². The van der Waals surface area contributed by atoms with E-state index in [1.807, 2.05) is 0 Å². The van der Waals surface area contributed by atoms with Crippen molar-refractivity contribution in [2.75, 3.05) is 12.8 Å². The minimum Gasteiger partial charge on any atom is -0.480 e. The second kappa shape index (κ2) is 4.65. The quantitative estimate of drug-likeness (QED) is 0.741. The lowest BCUT2D eigenvalue weighted by atomic mass is 10.1. The summed E-state index contributed by atoms with van der Waals surface area (Å²) in [4.78, 5) is 23.7. The number of likely N-dealkylation sites (N-methyl/N-ethyl adjacent to an activating group) is 1. The molecule has 0 bridgehead atoms. The average molecular weight is 222 g/mol. The molecule has 5 nitrogen and oxygen atoms in total. The van der Waals surface area contributed by atoms with Crippen molar-refractivity contribution in [1.82, 2.24) is 4.90 Å².